The van der Waals surface area contributed by atoms with Gasteiger partial charge < -0.3 is 0 Å². The third-order valence-corrected chi connectivity index (χ3v) is 5.78. The van der Waals surface area contributed by atoms with Gasteiger partial charge in [0.15, 0.2) is 0 Å². The van der Waals surface area contributed by atoms with Crippen LogP contribution in [0.2, 0.25) is 0 Å². The molecule has 2 aliphatic carbocycles. The largest absolute Gasteiger partial charge is 0.116 e. The van der Waals surface area contributed by atoms with Gasteiger partial charge in [0, 0.05) is 0 Å². The van der Waals surface area contributed by atoms with Crippen LogP contribution in [0.5, 0.6) is 0 Å². The molecule has 0 nitrogen and oxygen atoms in total. The summed E-state index contributed by atoms with van der Waals surface area (Å²) in [6, 6.07) is 0. The quantitative estimate of drug-likeness (QED) is 0.579. The highest BCUT2D eigenvalue weighted by atomic mass is 31.1. The summed E-state index contributed by atoms with van der Waals surface area (Å²) in [5, 5.41) is 0. The van der Waals surface area contributed by atoms with Crippen LogP contribution in [0.1, 0.15) is 64.2 Å². The maximum absolute atomic E-state index is 1.56. The highest BCUT2D eigenvalue weighted by Crippen LogP contribution is 2.43. The van der Waals surface area contributed by atoms with E-state index >= 15 is 0 Å². The molecule has 13 heavy (non-hydrogen) atoms. The van der Waals surface area contributed by atoms with Crippen molar-refractivity contribution in [2.75, 3.05) is 0 Å². The molecular weight excluding hydrogens is 175 g/mol. The maximum atomic E-state index is 1.56. The normalized spacial score (nSPS) is 28.6. The zero-order valence-corrected chi connectivity index (χ0v) is 9.73. The standard InChI is InChI=1S/C12H23P/c1-2-4-7-11(8-5-3-1)13-12-9-6-10-12/h11-13H,1-10H2. The molecule has 2 rings (SSSR count). The van der Waals surface area contributed by atoms with E-state index in [9.17, 15) is 0 Å². The second-order valence-electron chi connectivity index (χ2n) is 4.84. The smallest absolute Gasteiger partial charge is 0.0234 e. The third-order valence-electron chi connectivity index (χ3n) is 3.68. The summed E-state index contributed by atoms with van der Waals surface area (Å²) >= 11 is 0. The molecule has 2 fully saturated rings. The Kier molecular flexibility index (Phi) is 4.10. The first-order chi connectivity index (χ1) is 6.45. The minimum Gasteiger partial charge on any atom is -0.116 e. The summed E-state index contributed by atoms with van der Waals surface area (Å²) in [5.74, 6) is 0. The summed E-state index contributed by atoms with van der Waals surface area (Å²) < 4.78 is 0. The second-order valence-corrected chi connectivity index (χ2v) is 6.80. The summed E-state index contributed by atoms with van der Waals surface area (Å²) in [6.07, 6.45) is 15.4. The lowest BCUT2D eigenvalue weighted by Gasteiger charge is -2.30. The third kappa shape index (κ3) is 3.24. The lowest BCUT2D eigenvalue weighted by molar-refractivity contribution is 0.489. The fourth-order valence-electron chi connectivity index (χ4n) is 2.53. The molecule has 0 spiro atoms. The van der Waals surface area contributed by atoms with E-state index in [-0.39, 0.29) is 0 Å². The molecule has 0 aliphatic heterocycles. The Balaban J connectivity index is 1.68. The Bertz CT molecular complexity index is 132. The first kappa shape index (κ1) is 9.97. The number of hydrogen-bond donors (Lipinski definition) is 0. The molecule has 0 N–H and O–H groups in total. The molecular formula is C12H23P. The van der Waals surface area contributed by atoms with E-state index in [4.69, 9.17) is 0 Å². The first-order valence-corrected chi connectivity index (χ1v) is 7.37. The molecule has 0 heterocycles. The molecule has 0 radical (unpaired) electrons. The van der Waals surface area contributed by atoms with Crippen LogP contribution in [0.25, 0.3) is 0 Å². The van der Waals surface area contributed by atoms with Gasteiger partial charge in [0.05, 0.1) is 0 Å². The zero-order valence-electron chi connectivity index (χ0n) is 8.73. The molecule has 76 valence electrons. The van der Waals surface area contributed by atoms with Crippen LogP contribution in [0.3, 0.4) is 0 Å². The van der Waals surface area contributed by atoms with Gasteiger partial charge in [-0.1, -0.05) is 38.5 Å². The van der Waals surface area contributed by atoms with Crippen molar-refractivity contribution in [1.29, 1.82) is 0 Å². The van der Waals surface area contributed by atoms with Crippen molar-refractivity contribution in [3.05, 3.63) is 0 Å². The van der Waals surface area contributed by atoms with Gasteiger partial charge in [-0.2, -0.15) is 0 Å². The van der Waals surface area contributed by atoms with Crippen LogP contribution in [0.4, 0.5) is 0 Å². The number of rotatable bonds is 2. The minimum atomic E-state index is 1.14. The lowest BCUT2D eigenvalue weighted by Crippen LogP contribution is -2.16. The van der Waals surface area contributed by atoms with Gasteiger partial charge in [-0.15, -0.1) is 8.58 Å². The van der Waals surface area contributed by atoms with Crippen molar-refractivity contribution in [3.63, 3.8) is 0 Å². The molecule has 0 bridgehead atoms. The SMILES string of the molecule is C1CCCC(PC2CCC2)CCC1. The molecule has 1 heteroatoms. The van der Waals surface area contributed by atoms with Crippen molar-refractivity contribution >= 4 is 8.58 Å². The van der Waals surface area contributed by atoms with Gasteiger partial charge in [-0.05, 0) is 37.0 Å². The van der Waals surface area contributed by atoms with Crippen molar-refractivity contribution in [2.45, 2.75) is 75.5 Å². The Morgan fingerprint density at radius 1 is 0.538 bits per heavy atom. The van der Waals surface area contributed by atoms with Gasteiger partial charge >= 0.3 is 0 Å². The lowest BCUT2D eigenvalue weighted by atomic mass is 9.99. The van der Waals surface area contributed by atoms with Crippen molar-refractivity contribution in [2.24, 2.45) is 0 Å². The van der Waals surface area contributed by atoms with E-state index in [0.717, 1.165) is 5.66 Å². The van der Waals surface area contributed by atoms with Gasteiger partial charge in [-0.25, -0.2) is 0 Å². The molecule has 2 aliphatic rings. The minimum absolute atomic E-state index is 1.14. The molecule has 0 aromatic heterocycles. The van der Waals surface area contributed by atoms with Gasteiger partial charge in [0.1, 0.15) is 0 Å². The van der Waals surface area contributed by atoms with E-state index in [2.05, 4.69) is 0 Å². The highest BCUT2D eigenvalue weighted by molar-refractivity contribution is 7.39. The van der Waals surface area contributed by atoms with Crippen LogP contribution in [-0.4, -0.2) is 11.3 Å². The van der Waals surface area contributed by atoms with Crippen LogP contribution < -0.4 is 0 Å². The molecule has 0 saturated heterocycles. The molecule has 1 atom stereocenters. The van der Waals surface area contributed by atoms with Gasteiger partial charge in [-0.3, -0.25) is 0 Å². The summed E-state index contributed by atoms with van der Waals surface area (Å²) in [6.45, 7) is 0. The summed E-state index contributed by atoms with van der Waals surface area (Å²) in [7, 11) is 1.33. The second kappa shape index (κ2) is 5.35. The van der Waals surface area contributed by atoms with Crippen LogP contribution in [0.15, 0.2) is 0 Å². The summed E-state index contributed by atoms with van der Waals surface area (Å²) in [5.41, 5.74) is 2.31. The van der Waals surface area contributed by atoms with Crippen LogP contribution in [-0.2, 0) is 0 Å². The van der Waals surface area contributed by atoms with Crippen LogP contribution >= 0.6 is 8.58 Å². The van der Waals surface area contributed by atoms with Crippen molar-refractivity contribution in [1.82, 2.24) is 0 Å². The van der Waals surface area contributed by atoms with Crippen molar-refractivity contribution < 1.29 is 0 Å². The molecule has 0 aromatic rings. The topological polar surface area (TPSA) is 0 Å². The fraction of sp³-hybridized carbons (Fsp3) is 1.00. The Morgan fingerprint density at radius 3 is 1.46 bits per heavy atom. The Morgan fingerprint density at radius 2 is 1.00 bits per heavy atom. The monoisotopic (exact) mass is 198 g/mol. The fourth-order valence-corrected chi connectivity index (χ4v) is 4.68. The predicted molar refractivity (Wildman–Crippen MR) is 62.1 cm³/mol. The maximum Gasteiger partial charge on any atom is -0.0234 e. The van der Waals surface area contributed by atoms with E-state index in [1.54, 1.807) is 25.7 Å². The molecule has 2 saturated carbocycles. The Labute approximate surface area is 84.7 Å². The molecule has 0 amide bonds. The number of hydrogen-bond acceptors (Lipinski definition) is 0. The molecule has 1 unspecified atom stereocenters. The zero-order chi connectivity index (χ0) is 8.93. The van der Waals surface area contributed by atoms with E-state index in [0.29, 0.717) is 0 Å². The van der Waals surface area contributed by atoms with E-state index < -0.39 is 0 Å². The van der Waals surface area contributed by atoms with E-state index in [1.807, 2.05) is 0 Å². The van der Waals surface area contributed by atoms with Crippen LogP contribution in [0, 0.1) is 0 Å². The van der Waals surface area contributed by atoms with E-state index in [1.165, 1.54) is 52.8 Å². The van der Waals surface area contributed by atoms with Gasteiger partial charge in [0.2, 0.25) is 0 Å². The van der Waals surface area contributed by atoms with Crippen molar-refractivity contribution in [3.8, 4) is 0 Å². The average Bonchev–Trinajstić information content (AvgIpc) is 1.99. The average molecular weight is 198 g/mol. The Hall–Kier alpha value is 0.430. The first-order valence-electron chi connectivity index (χ1n) is 6.21. The summed E-state index contributed by atoms with van der Waals surface area (Å²) in [4.78, 5) is 0. The highest BCUT2D eigenvalue weighted by Gasteiger charge is 2.21. The van der Waals surface area contributed by atoms with Gasteiger partial charge in [0.25, 0.3) is 0 Å². The molecule has 0 aromatic carbocycles. The predicted octanol–water partition coefficient (Wildman–Crippen LogP) is 4.33.